The molecule has 1 aliphatic heterocycles. The van der Waals surface area contributed by atoms with Gasteiger partial charge in [-0.2, -0.15) is 0 Å². The minimum absolute atomic E-state index is 0.0307. The molecule has 1 fully saturated rings. The number of nitrogens with one attached hydrogen (secondary N) is 1. The second-order valence-corrected chi connectivity index (χ2v) is 5.06. The Kier molecular flexibility index (Phi) is 5.22. The maximum absolute atomic E-state index is 12.0. The molecular formula is C12H25N3O. The van der Waals surface area contributed by atoms with E-state index in [1.165, 1.54) is 0 Å². The molecule has 94 valence electrons. The Bertz CT molecular complexity index is 230. The zero-order valence-corrected chi connectivity index (χ0v) is 11.0. The van der Waals surface area contributed by atoms with Gasteiger partial charge in [-0.3, -0.25) is 4.79 Å². The number of carbonyl (C=O) groups is 1. The number of hydrogen-bond acceptors (Lipinski definition) is 3. The first kappa shape index (κ1) is 13.5. The van der Waals surface area contributed by atoms with Crippen LogP contribution in [0.15, 0.2) is 0 Å². The quantitative estimate of drug-likeness (QED) is 0.761. The zero-order valence-electron chi connectivity index (χ0n) is 11.0. The Morgan fingerprint density at radius 1 is 1.44 bits per heavy atom. The molecule has 1 rings (SSSR count). The smallest absolute Gasteiger partial charge is 0.239 e. The monoisotopic (exact) mass is 227 g/mol. The van der Waals surface area contributed by atoms with E-state index in [0.717, 1.165) is 32.5 Å². The van der Waals surface area contributed by atoms with Gasteiger partial charge in [0.2, 0.25) is 5.91 Å². The Morgan fingerprint density at radius 2 is 2.12 bits per heavy atom. The van der Waals surface area contributed by atoms with Crippen LogP contribution in [0.4, 0.5) is 0 Å². The van der Waals surface area contributed by atoms with Gasteiger partial charge in [0.05, 0.1) is 6.04 Å². The minimum atomic E-state index is -0.0307. The molecule has 1 N–H and O–H groups in total. The molecule has 0 aromatic rings. The summed E-state index contributed by atoms with van der Waals surface area (Å²) in [5.74, 6) is 0.253. The van der Waals surface area contributed by atoms with E-state index >= 15 is 0 Å². The fourth-order valence-electron chi connectivity index (χ4n) is 2.11. The van der Waals surface area contributed by atoms with Gasteiger partial charge in [0.15, 0.2) is 0 Å². The lowest BCUT2D eigenvalue weighted by Crippen LogP contribution is -2.43. The van der Waals surface area contributed by atoms with Crippen LogP contribution in [0.25, 0.3) is 0 Å². The van der Waals surface area contributed by atoms with Gasteiger partial charge < -0.3 is 15.1 Å². The Hall–Kier alpha value is -0.610. The third-order valence-corrected chi connectivity index (χ3v) is 3.08. The van der Waals surface area contributed by atoms with Crippen LogP contribution in [0.1, 0.15) is 26.7 Å². The van der Waals surface area contributed by atoms with E-state index in [-0.39, 0.29) is 11.9 Å². The fourth-order valence-corrected chi connectivity index (χ4v) is 2.11. The second kappa shape index (κ2) is 6.21. The van der Waals surface area contributed by atoms with Gasteiger partial charge in [0, 0.05) is 19.1 Å². The normalized spacial score (nSPS) is 27.3. The van der Waals surface area contributed by atoms with Crippen LogP contribution < -0.4 is 5.32 Å². The lowest BCUT2D eigenvalue weighted by Gasteiger charge is -2.23. The van der Waals surface area contributed by atoms with Crippen LogP contribution in [0.5, 0.6) is 0 Å². The molecule has 4 heteroatoms. The highest BCUT2D eigenvalue weighted by atomic mass is 16.2. The van der Waals surface area contributed by atoms with Crippen LogP contribution in [-0.2, 0) is 4.79 Å². The maximum Gasteiger partial charge on any atom is 0.239 e. The predicted molar refractivity (Wildman–Crippen MR) is 66.4 cm³/mol. The lowest BCUT2D eigenvalue weighted by atomic mass is 10.2. The van der Waals surface area contributed by atoms with E-state index in [2.05, 4.69) is 31.2 Å². The lowest BCUT2D eigenvalue weighted by molar-refractivity contribution is -0.132. The molecule has 0 saturated carbocycles. The Morgan fingerprint density at radius 3 is 2.75 bits per heavy atom. The molecule has 0 radical (unpaired) electrons. The fraction of sp³-hybridized carbons (Fsp3) is 0.917. The highest BCUT2D eigenvalue weighted by Gasteiger charge is 2.25. The standard InChI is InChI=1S/C12H25N3O/c1-10-6-9-15(8-5-7-14(3)4)12(16)11(2)13-10/h10-11,13H,5-9H2,1-4H3. The molecule has 2 unspecified atom stereocenters. The summed E-state index contributed by atoms with van der Waals surface area (Å²) in [4.78, 5) is 16.2. The third kappa shape index (κ3) is 4.10. The Balaban J connectivity index is 2.41. The highest BCUT2D eigenvalue weighted by Crippen LogP contribution is 2.07. The summed E-state index contributed by atoms with van der Waals surface area (Å²) in [7, 11) is 4.13. The average molecular weight is 227 g/mol. The van der Waals surface area contributed by atoms with E-state index in [1.807, 2.05) is 11.8 Å². The molecule has 0 aromatic heterocycles. The van der Waals surface area contributed by atoms with Crippen molar-refractivity contribution in [2.75, 3.05) is 33.7 Å². The van der Waals surface area contributed by atoms with Crippen LogP contribution in [0, 0.1) is 0 Å². The van der Waals surface area contributed by atoms with Crippen molar-refractivity contribution < 1.29 is 4.79 Å². The molecule has 1 aliphatic rings. The molecule has 2 atom stereocenters. The molecule has 4 nitrogen and oxygen atoms in total. The molecule has 0 spiro atoms. The first-order valence-electron chi connectivity index (χ1n) is 6.20. The van der Waals surface area contributed by atoms with E-state index < -0.39 is 0 Å². The summed E-state index contributed by atoms with van der Waals surface area (Å²) in [6.45, 7) is 6.93. The molecular weight excluding hydrogens is 202 g/mol. The van der Waals surface area contributed by atoms with Crippen molar-refractivity contribution in [3.8, 4) is 0 Å². The van der Waals surface area contributed by atoms with E-state index in [1.54, 1.807) is 0 Å². The van der Waals surface area contributed by atoms with Crippen LogP contribution in [0.3, 0.4) is 0 Å². The van der Waals surface area contributed by atoms with Gasteiger partial charge in [0.1, 0.15) is 0 Å². The molecule has 0 aliphatic carbocycles. The minimum Gasteiger partial charge on any atom is -0.341 e. The van der Waals surface area contributed by atoms with Gasteiger partial charge in [-0.25, -0.2) is 0 Å². The van der Waals surface area contributed by atoms with Crippen molar-refractivity contribution in [1.29, 1.82) is 0 Å². The maximum atomic E-state index is 12.0. The summed E-state index contributed by atoms with van der Waals surface area (Å²) >= 11 is 0. The van der Waals surface area contributed by atoms with Crippen molar-refractivity contribution in [3.63, 3.8) is 0 Å². The number of hydrogen-bond donors (Lipinski definition) is 1. The highest BCUT2D eigenvalue weighted by molar-refractivity contribution is 5.81. The number of nitrogens with zero attached hydrogens (tertiary/aromatic N) is 2. The second-order valence-electron chi connectivity index (χ2n) is 5.06. The molecule has 1 saturated heterocycles. The third-order valence-electron chi connectivity index (χ3n) is 3.08. The van der Waals surface area contributed by atoms with E-state index in [4.69, 9.17) is 0 Å². The predicted octanol–water partition coefficient (Wildman–Crippen LogP) is 0.537. The average Bonchev–Trinajstić information content (AvgIpc) is 2.31. The van der Waals surface area contributed by atoms with E-state index in [0.29, 0.717) is 6.04 Å². The van der Waals surface area contributed by atoms with Crippen molar-refractivity contribution in [1.82, 2.24) is 15.1 Å². The molecule has 0 aromatic carbocycles. The topological polar surface area (TPSA) is 35.6 Å². The van der Waals surface area contributed by atoms with Gasteiger partial charge in [-0.15, -0.1) is 0 Å². The van der Waals surface area contributed by atoms with Crippen LogP contribution in [0.2, 0.25) is 0 Å². The first-order valence-corrected chi connectivity index (χ1v) is 6.20. The molecule has 16 heavy (non-hydrogen) atoms. The summed E-state index contributed by atoms with van der Waals surface area (Å²) in [6.07, 6.45) is 2.11. The van der Waals surface area contributed by atoms with Crippen molar-refractivity contribution in [3.05, 3.63) is 0 Å². The first-order chi connectivity index (χ1) is 7.50. The summed E-state index contributed by atoms with van der Waals surface area (Å²) in [5.41, 5.74) is 0. The number of amides is 1. The summed E-state index contributed by atoms with van der Waals surface area (Å²) in [6, 6.07) is 0.412. The van der Waals surface area contributed by atoms with E-state index in [9.17, 15) is 4.79 Å². The van der Waals surface area contributed by atoms with Gasteiger partial charge in [-0.1, -0.05) is 0 Å². The molecule has 1 heterocycles. The SMILES string of the molecule is CC1CCN(CCCN(C)C)C(=O)C(C)N1. The van der Waals surface area contributed by atoms with Crippen molar-refractivity contribution >= 4 is 5.91 Å². The van der Waals surface area contributed by atoms with Crippen LogP contribution in [-0.4, -0.2) is 61.5 Å². The van der Waals surface area contributed by atoms with Crippen molar-refractivity contribution in [2.24, 2.45) is 0 Å². The molecule has 1 amide bonds. The van der Waals surface area contributed by atoms with Gasteiger partial charge >= 0.3 is 0 Å². The van der Waals surface area contributed by atoms with Crippen molar-refractivity contribution in [2.45, 2.75) is 38.8 Å². The summed E-state index contributed by atoms with van der Waals surface area (Å²) in [5, 5.41) is 3.32. The number of carbonyl (C=O) groups excluding carboxylic acids is 1. The largest absolute Gasteiger partial charge is 0.341 e. The van der Waals surface area contributed by atoms with Gasteiger partial charge in [0.25, 0.3) is 0 Å². The summed E-state index contributed by atoms with van der Waals surface area (Å²) < 4.78 is 0. The van der Waals surface area contributed by atoms with Crippen LogP contribution >= 0.6 is 0 Å². The number of rotatable bonds is 4. The zero-order chi connectivity index (χ0) is 12.1. The van der Waals surface area contributed by atoms with Gasteiger partial charge in [-0.05, 0) is 47.3 Å². The Labute approximate surface area is 99.0 Å². The molecule has 0 bridgehead atoms.